The number of hydrogen-bond donors (Lipinski definition) is 2. The maximum atomic E-state index is 12.9. The van der Waals surface area contributed by atoms with Gasteiger partial charge < -0.3 is 28.8 Å². The van der Waals surface area contributed by atoms with Gasteiger partial charge in [-0.1, -0.05) is 244 Å². The number of likely N-dealkylation sites (N-methyl/N-ethyl adjacent to an activating group) is 1. The molecule has 0 aromatic heterocycles. The van der Waals surface area contributed by atoms with E-state index in [0.29, 0.717) is 17.4 Å². The van der Waals surface area contributed by atoms with Crippen molar-refractivity contribution in [2.45, 2.75) is 283 Å². The van der Waals surface area contributed by atoms with Crippen molar-refractivity contribution < 1.29 is 32.9 Å². The van der Waals surface area contributed by atoms with Crippen molar-refractivity contribution in [2.75, 3.05) is 40.9 Å². The Balaban J connectivity index is 4.25. The average molecular weight is 925 g/mol. The second kappa shape index (κ2) is 47.1. The Kier molecular flexibility index (Phi) is 46.3. The van der Waals surface area contributed by atoms with Crippen LogP contribution in [0.2, 0.25) is 0 Å². The van der Waals surface area contributed by atoms with Crippen LogP contribution < -0.4 is 10.2 Å². The summed E-state index contributed by atoms with van der Waals surface area (Å²) in [6.07, 6.45) is 58.1. The minimum absolute atomic E-state index is 0.000281. The van der Waals surface area contributed by atoms with Crippen molar-refractivity contribution >= 4 is 13.7 Å². The van der Waals surface area contributed by atoms with E-state index in [1.54, 1.807) is 6.08 Å². The quantitative estimate of drug-likeness (QED) is 0.0272. The van der Waals surface area contributed by atoms with Crippen LogP contribution in [0.3, 0.4) is 0 Å². The third-order valence-electron chi connectivity index (χ3n) is 12.7. The van der Waals surface area contributed by atoms with Gasteiger partial charge in [0, 0.05) is 6.42 Å². The van der Waals surface area contributed by atoms with Gasteiger partial charge in [-0.05, 0) is 44.9 Å². The topological polar surface area (TPSA) is 108 Å². The van der Waals surface area contributed by atoms with E-state index in [2.05, 4.69) is 31.3 Å². The van der Waals surface area contributed by atoms with Crippen LogP contribution in [0.25, 0.3) is 0 Å². The van der Waals surface area contributed by atoms with E-state index in [9.17, 15) is 19.4 Å². The zero-order valence-corrected chi connectivity index (χ0v) is 44.1. The number of phosphoric ester groups is 1. The lowest BCUT2D eigenvalue weighted by Crippen LogP contribution is -2.45. The summed E-state index contributed by atoms with van der Waals surface area (Å²) in [5.41, 5.74) is 0. The number of aliphatic hydroxyl groups is 1. The fourth-order valence-electron chi connectivity index (χ4n) is 8.27. The SMILES string of the molecule is CCCCCCCCCCCCC/C=C\CCCCCCCCCC(=O)NC(COP(=O)([O-])OCC[N+](C)(C)C)C(O)/C=C/CCCCCCCCCCCCCCCCCCCC. The first-order valence-corrected chi connectivity index (χ1v) is 29.2. The Morgan fingerprint density at radius 3 is 1.22 bits per heavy atom. The maximum Gasteiger partial charge on any atom is 0.268 e. The molecular formula is C55H109N2O6P. The van der Waals surface area contributed by atoms with Crippen molar-refractivity contribution in [2.24, 2.45) is 0 Å². The molecular weight excluding hydrogens is 816 g/mol. The number of carbonyl (C=O) groups is 1. The second-order valence-corrected chi connectivity index (χ2v) is 21.7. The summed E-state index contributed by atoms with van der Waals surface area (Å²) in [6, 6.07) is -0.887. The molecule has 3 unspecified atom stereocenters. The first kappa shape index (κ1) is 63.0. The van der Waals surface area contributed by atoms with Gasteiger partial charge in [0.15, 0.2) is 0 Å². The van der Waals surface area contributed by atoms with E-state index >= 15 is 0 Å². The Labute approximate surface area is 398 Å². The number of unbranched alkanes of at least 4 members (excludes halogenated alkanes) is 36. The molecule has 0 aromatic rings. The minimum Gasteiger partial charge on any atom is -0.756 e. The zero-order valence-electron chi connectivity index (χ0n) is 43.3. The molecule has 0 aliphatic rings. The summed E-state index contributed by atoms with van der Waals surface area (Å²) >= 11 is 0. The van der Waals surface area contributed by atoms with Crippen LogP contribution in [0.1, 0.15) is 271 Å². The zero-order chi connectivity index (χ0) is 47.1. The van der Waals surface area contributed by atoms with Gasteiger partial charge in [0.2, 0.25) is 5.91 Å². The number of quaternary nitrogens is 1. The summed E-state index contributed by atoms with van der Waals surface area (Å²) < 4.78 is 23.3. The van der Waals surface area contributed by atoms with Gasteiger partial charge in [-0.25, -0.2) is 0 Å². The molecule has 0 saturated heterocycles. The highest BCUT2D eigenvalue weighted by Gasteiger charge is 2.23. The normalized spacial score (nSPS) is 14.2. The lowest BCUT2D eigenvalue weighted by Gasteiger charge is -2.29. The lowest BCUT2D eigenvalue weighted by atomic mass is 10.0. The first-order chi connectivity index (χ1) is 31.0. The third kappa shape index (κ3) is 48.9. The van der Waals surface area contributed by atoms with Gasteiger partial charge in [-0.3, -0.25) is 9.36 Å². The van der Waals surface area contributed by atoms with E-state index < -0.39 is 20.0 Å². The molecule has 0 aliphatic heterocycles. The number of aliphatic hydroxyl groups excluding tert-OH is 1. The fourth-order valence-corrected chi connectivity index (χ4v) is 8.99. The van der Waals surface area contributed by atoms with E-state index in [0.717, 1.165) is 38.5 Å². The highest BCUT2D eigenvalue weighted by molar-refractivity contribution is 7.45. The predicted molar refractivity (Wildman–Crippen MR) is 275 cm³/mol. The van der Waals surface area contributed by atoms with Crippen molar-refractivity contribution in [3.8, 4) is 0 Å². The van der Waals surface area contributed by atoms with E-state index in [1.807, 2.05) is 27.2 Å². The number of phosphoric acid groups is 1. The molecule has 0 spiro atoms. The number of nitrogens with one attached hydrogen (secondary N) is 1. The van der Waals surface area contributed by atoms with Crippen LogP contribution in [-0.2, 0) is 18.4 Å². The standard InChI is InChI=1S/C55H109N2O6P/c1-6-8-10-12-14-16-18-20-22-24-26-28-29-31-33-35-37-39-41-43-45-47-49-55(59)56-53(52-63-64(60,61)62-51-50-57(3,4)5)54(58)48-46-44-42-40-38-36-34-32-30-27-25-23-21-19-17-15-13-11-9-7-2/h29,31,46,48,53-54,58H,6-28,30,32-45,47,49-52H2,1-5H3,(H-,56,59,60,61)/b31-29-,48-46+. The van der Waals surface area contributed by atoms with Gasteiger partial charge in [-0.15, -0.1) is 0 Å². The van der Waals surface area contributed by atoms with Crippen LogP contribution in [-0.4, -0.2) is 68.5 Å². The van der Waals surface area contributed by atoms with Crippen molar-refractivity contribution in [3.63, 3.8) is 0 Å². The lowest BCUT2D eigenvalue weighted by molar-refractivity contribution is -0.870. The van der Waals surface area contributed by atoms with E-state index in [4.69, 9.17) is 9.05 Å². The molecule has 0 fully saturated rings. The molecule has 2 N–H and O–H groups in total. The van der Waals surface area contributed by atoms with Crippen molar-refractivity contribution in [3.05, 3.63) is 24.3 Å². The maximum absolute atomic E-state index is 12.9. The smallest absolute Gasteiger partial charge is 0.268 e. The van der Waals surface area contributed by atoms with Crippen LogP contribution in [0.5, 0.6) is 0 Å². The predicted octanol–water partition coefficient (Wildman–Crippen LogP) is 15.8. The monoisotopic (exact) mass is 925 g/mol. The number of hydrogen-bond acceptors (Lipinski definition) is 6. The van der Waals surface area contributed by atoms with E-state index in [1.165, 1.54) is 212 Å². The molecule has 0 heterocycles. The molecule has 0 aromatic carbocycles. The van der Waals surface area contributed by atoms with Gasteiger partial charge in [0.1, 0.15) is 13.2 Å². The average Bonchev–Trinajstić information content (AvgIpc) is 3.25. The van der Waals surface area contributed by atoms with Crippen LogP contribution in [0.4, 0.5) is 0 Å². The van der Waals surface area contributed by atoms with E-state index in [-0.39, 0.29) is 19.1 Å². The highest BCUT2D eigenvalue weighted by atomic mass is 31.2. The van der Waals surface area contributed by atoms with Gasteiger partial charge in [-0.2, -0.15) is 0 Å². The molecule has 380 valence electrons. The molecule has 1 amide bonds. The first-order valence-electron chi connectivity index (χ1n) is 27.7. The molecule has 3 atom stereocenters. The fraction of sp³-hybridized carbons (Fsp3) is 0.909. The number of nitrogens with zero attached hydrogens (tertiary/aromatic N) is 1. The summed E-state index contributed by atoms with van der Waals surface area (Å²) in [5, 5.41) is 13.9. The highest BCUT2D eigenvalue weighted by Crippen LogP contribution is 2.38. The number of rotatable bonds is 51. The molecule has 9 heteroatoms. The van der Waals surface area contributed by atoms with Crippen molar-refractivity contribution in [1.82, 2.24) is 5.32 Å². The minimum atomic E-state index is -4.59. The Hall–Kier alpha value is -1.02. The Morgan fingerprint density at radius 1 is 0.531 bits per heavy atom. The molecule has 0 aliphatic carbocycles. The van der Waals surface area contributed by atoms with Crippen LogP contribution in [0, 0.1) is 0 Å². The second-order valence-electron chi connectivity index (χ2n) is 20.3. The molecule has 0 radical (unpaired) electrons. The Bertz CT molecular complexity index is 1090. The number of allylic oxidation sites excluding steroid dienone is 3. The van der Waals surface area contributed by atoms with Gasteiger partial charge >= 0.3 is 0 Å². The Morgan fingerprint density at radius 2 is 0.859 bits per heavy atom. The third-order valence-corrected chi connectivity index (χ3v) is 13.6. The molecule has 8 nitrogen and oxygen atoms in total. The van der Waals surface area contributed by atoms with Gasteiger partial charge in [0.05, 0.1) is 39.9 Å². The number of carbonyl (C=O) groups excluding carboxylic acids is 1. The molecule has 64 heavy (non-hydrogen) atoms. The summed E-state index contributed by atoms with van der Waals surface area (Å²) in [5.74, 6) is -0.198. The molecule has 0 rings (SSSR count). The summed E-state index contributed by atoms with van der Waals surface area (Å²) in [4.78, 5) is 25.5. The van der Waals surface area contributed by atoms with Crippen molar-refractivity contribution in [1.29, 1.82) is 0 Å². The van der Waals surface area contributed by atoms with Crippen LogP contribution >= 0.6 is 7.82 Å². The number of amides is 1. The van der Waals surface area contributed by atoms with Crippen LogP contribution in [0.15, 0.2) is 24.3 Å². The summed E-state index contributed by atoms with van der Waals surface area (Å²) in [6.45, 7) is 4.68. The van der Waals surface area contributed by atoms with Gasteiger partial charge in [0.25, 0.3) is 7.82 Å². The molecule has 0 bridgehead atoms. The molecule has 0 saturated carbocycles. The summed E-state index contributed by atoms with van der Waals surface area (Å²) in [7, 11) is 1.27. The largest absolute Gasteiger partial charge is 0.756 e.